The molecule has 0 fully saturated rings. The van der Waals surface area contributed by atoms with Crippen LogP contribution in [0.1, 0.15) is 400 Å². The Kier molecular flexibility index (Phi) is 71.0. The van der Waals surface area contributed by atoms with E-state index in [1.807, 2.05) is 0 Å². The van der Waals surface area contributed by atoms with E-state index in [1.165, 1.54) is 212 Å². The van der Waals surface area contributed by atoms with Crippen molar-refractivity contribution in [3.8, 4) is 0 Å². The fourth-order valence-electron chi connectivity index (χ4n) is 11.7. The second kappa shape index (κ2) is 72.9. The van der Waals surface area contributed by atoms with Crippen molar-refractivity contribution >= 4 is 39.5 Å². The Labute approximate surface area is 599 Å². The number of rotatable bonds is 78. The summed E-state index contributed by atoms with van der Waals surface area (Å²) in [6, 6.07) is 0. The Morgan fingerprint density at radius 3 is 0.745 bits per heavy atom. The fraction of sp³-hybridized carbons (Fsp3) is 0.899. The lowest BCUT2D eigenvalue weighted by Gasteiger charge is -2.21. The molecule has 0 heterocycles. The number of hydrogen-bond donors (Lipinski definition) is 3. The average molecular weight is 1430 g/mol. The van der Waals surface area contributed by atoms with Crippen molar-refractivity contribution in [2.45, 2.75) is 418 Å². The second-order valence-corrected chi connectivity index (χ2v) is 30.7. The largest absolute Gasteiger partial charge is 0.472 e. The van der Waals surface area contributed by atoms with E-state index in [0.29, 0.717) is 25.7 Å². The molecule has 0 rings (SSSR count). The zero-order chi connectivity index (χ0) is 71.8. The summed E-state index contributed by atoms with van der Waals surface area (Å²) in [7, 11) is -9.93. The fourth-order valence-corrected chi connectivity index (χ4v) is 13.3. The van der Waals surface area contributed by atoms with Gasteiger partial charge >= 0.3 is 39.5 Å². The number of hydrogen-bond acceptors (Lipinski definition) is 15. The van der Waals surface area contributed by atoms with Gasteiger partial charge in [0.2, 0.25) is 0 Å². The molecule has 578 valence electrons. The summed E-state index contributed by atoms with van der Waals surface area (Å²) in [4.78, 5) is 73.0. The third-order valence-corrected chi connectivity index (χ3v) is 19.9. The van der Waals surface area contributed by atoms with E-state index in [1.54, 1.807) is 0 Å². The van der Waals surface area contributed by atoms with Gasteiger partial charge in [0.05, 0.1) is 26.4 Å². The highest BCUT2D eigenvalue weighted by molar-refractivity contribution is 7.47. The molecule has 0 bridgehead atoms. The lowest BCUT2D eigenvalue weighted by molar-refractivity contribution is -0.161. The Morgan fingerprint density at radius 1 is 0.286 bits per heavy atom. The Bertz CT molecular complexity index is 1950. The van der Waals surface area contributed by atoms with Crippen LogP contribution in [0, 0.1) is 0 Å². The number of carbonyl (C=O) groups excluding carboxylic acids is 4. The Morgan fingerprint density at radius 2 is 0.490 bits per heavy atom. The predicted octanol–water partition coefficient (Wildman–Crippen LogP) is 23.3. The quantitative estimate of drug-likeness (QED) is 0.0169. The first-order valence-electron chi connectivity index (χ1n) is 40.6. The molecule has 0 aromatic rings. The summed E-state index contributed by atoms with van der Waals surface area (Å²) < 4.78 is 68.6. The van der Waals surface area contributed by atoms with Crippen LogP contribution in [0.2, 0.25) is 0 Å². The third kappa shape index (κ3) is 71.9. The highest BCUT2D eigenvalue weighted by Crippen LogP contribution is 2.45. The molecule has 0 amide bonds. The number of aliphatic hydroxyl groups excluding tert-OH is 1. The van der Waals surface area contributed by atoms with E-state index >= 15 is 0 Å². The maximum Gasteiger partial charge on any atom is 0.472 e. The number of esters is 4. The molecule has 0 aliphatic heterocycles. The Hall–Kier alpha value is -2.46. The van der Waals surface area contributed by atoms with Crippen LogP contribution in [-0.2, 0) is 65.4 Å². The predicted molar refractivity (Wildman–Crippen MR) is 400 cm³/mol. The second-order valence-electron chi connectivity index (χ2n) is 27.8. The first-order valence-corrected chi connectivity index (χ1v) is 43.6. The van der Waals surface area contributed by atoms with Gasteiger partial charge in [-0.25, -0.2) is 9.13 Å². The van der Waals surface area contributed by atoms with E-state index in [9.17, 15) is 43.2 Å². The average Bonchev–Trinajstić information content (AvgIpc) is 1.05. The van der Waals surface area contributed by atoms with Crippen LogP contribution < -0.4 is 0 Å². The summed E-state index contributed by atoms with van der Waals surface area (Å²) >= 11 is 0. The topological polar surface area (TPSA) is 237 Å². The molecule has 0 aromatic heterocycles. The molecule has 17 nitrogen and oxygen atoms in total. The lowest BCUT2D eigenvalue weighted by Crippen LogP contribution is -2.30. The van der Waals surface area contributed by atoms with Gasteiger partial charge in [-0.3, -0.25) is 37.3 Å². The molecule has 3 N–H and O–H groups in total. The Balaban J connectivity index is 5.30. The highest BCUT2D eigenvalue weighted by Gasteiger charge is 2.30. The van der Waals surface area contributed by atoms with Gasteiger partial charge in [0.15, 0.2) is 12.2 Å². The van der Waals surface area contributed by atoms with Crippen LogP contribution in [0.5, 0.6) is 0 Å². The van der Waals surface area contributed by atoms with Gasteiger partial charge < -0.3 is 33.8 Å². The summed E-state index contributed by atoms with van der Waals surface area (Å²) in [5, 5.41) is 10.6. The number of phosphoric ester groups is 2. The number of ether oxygens (including phenoxy) is 4. The summed E-state index contributed by atoms with van der Waals surface area (Å²) in [6.45, 7) is 4.96. The van der Waals surface area contributed by atoms with E-state index in [0.717, 1.165) is 109 Å². The zero-order valence-corrected chi connectivity index (χ0v) is 65.0. The molecule has 2 unspecified atom stereocenters. The molecule has 0 aliphatic rings. The minimum Gasteiger partial charge on any atom is -0.462 e. The molecule has 0 aliphatic carbocycles. The van der Waals surface area contributed by atoms with Crippen LogP contribution >= 0.6 is 15.6 Å². The standard InChI is InChI=1S/C79H150O17P2/c1-5-9-13-17-21-25-29-33-36-38-42-46-50-54-58-62-66-79(84)96-75(70-90-77(82)64-60-56-52-48-44-41-37-34-30-26-22-18-14-10-6-2)72-94-98(87,88)92-68-73(80)67-91-97(85,86)93-71-74(69-89-76(81)63-59-55-51-47-43-39-32-28-24-20-16-12-8-4)95-78(83)65-61-57-53-49-45-40-35-31-27-23-19-15-11-7-3/h26,30,34,37,73-75,80H,5-25,27-29,31-33,35-36,38-72H2,1-4H3,(H,85,86)(H,87,88)/b30-26-,37-34-/t73-,74+,75+/m0/s1. The first-order chi connectivity index (χ1) is 47.7. The minimum atomic E-state index is -4.97. The van der Waals surface area contributed by atoms with Crippen molar-refractivity contribution in [3.05, 3.63) is 24.3 Å². The molecular formula is C79H150O17P2. The van der Waals surface area contributed by atoms with Crippen LogP contribution in [-0.4, -0.2) is 96.7 Å². The molecule has 0 saturated heterocycles. The van der Waals surface area contributed by atoms with E-state index < -0.39 is 97.5 Å². The monoisotopic (exact) mass is 1430 g/mol. The van der Waals surface area contributed by atoms with Crippen LogP contribution in [0.25, 0.3) is 0 Å². The number of phosphoric acid groups is 2. The van der Waals surface area contributed by atoms with Gasteiger partial charge in [-0.2, -0.15) is 0 Å². The SMILES string of the molecule is CCCCCC/C=C\C=C/CCCCCCCC(=O)OC[C@H](COP(=O)(O)OC[C@@H](O)COP(=O)(O)OC[C@@H](COC(=O)CCCCCCCCCCCCCCC)OC(=O)CCCCCCCCCCCCCCCC)OC(=O)CCCCCCCCCCCCCCCCCC. The van der Waals surface area contributed by atoms with Crippen LogP contribution in [0.3, 0.4) is 0 Å². The molecule has 0 spiro atoms. The van der Waals surface area contributed by atoms with Crippen molar-refractivity contribution in [2.24, 2.45) is 0 Å². The van der Waals surface area contributed by atoms with Gasteiger partial charge in [0.1, 0.15) is 19.3 Å². The molecule has 0 radical (unpaired) electrons. The highest BCUT2D eigenvalue weighted by atomic mass is 31.2. The lowest BCUT2D eigenvalue weighted by atomic mass is 10.0. The zero-order valence-electron chi connectivity index (χ0n) is 63.2. The van der Waals surface area contributed by atoms with Crippen molar-refractivity contribution in [1.29, 1.82) is 0 Å². The van der Waals surface area contributed by atoms with Crippen LogP contribution in [0.15, 0.2) is 24.3 Å². The van der Waals surface area contributed by atoms with E-state index in [4.69, 9.17) is 37.0 Å². The van der Waals surface area contributed by atoms with Gasteiger partial charge in [-0.15, -0.1) is 0 Å². The van der Waals surface area contributed by atoms with E-state index in [-0.39, 0.29) is 25.7 Å². The van der Waals surface area contributed by atoms with Gasteiger partial charge in [-0.1, -0.05) is 347 Å². The number of aliphatic hydroxyl groups is 1. The molecule has 5 atom stereocenters. The maximum absolute atomic E-state index is 13.1. The van der Waals surface area contributed by atoms with Crippen LogP contribution in [0.4, 0.5) is 0 Å². The van der Waals surface area contributed by atoms with Crippen molar-refractivity contribution in [2.75, 3.05) is 39.6 Å². The smallest absolute Gasteiger partial charge is 0.462 e. The summed E-state index contributed by atoms with van der Waals surface area (Å²) in [6.07, 6.45) is 67.2. The normalized spacial score (nSPS) is 14.0. The summed E-state index contributed by atoms with van der Waals surface area (Å²) in [5.74, 6) is -2.13. The molecular weight excluding hydrogens is 1280 g/mol. The summed E-state index contributed by atoms with van der Waals surface area (Å²) in [5.41, 5.74) is 0. The third-order valence-electron chi connectivity index (χ3n) is 18.0. The van der Waals surface area contributed by atoms with Gasteiger partial charge in [0.25, 0.3) is 0 Å². The number of carbonyl (C=O) groups is 4. The molecule has 98 heavy (non-hydrogen) atoms. The first kappa shape index (κ1) is 95.5. The number of unbranched alkanes of at least 4 members (excludes halogenated alkanes) is 49. The van der Waals surface area contributed by atoms with Crippen molar-refractivity contribution in [3.63, 3.8) is 0 Å². The number of allylic oxidation sites excluding steroid dienone is 4. The minimum absolute atomic E-state index is 0.102. The van der Waals surface area contributed by atoms with E-state index in [2.05, 4.69) is 52.0 Å². The maximum atomic E-state index is 13.1. The molecule has 0 aromatic carbocycles. The van der Waals surface area contributed by atoms with Gasteiger partial charge in [0, 0.05) is 25.7 Å². The van der Waals surface area contributed by atoms with Crippen molar-refractivity contribution in [1.82, 2.24) is 0 Å². The molecule has 19 heteroatoms. The molecule has 0 saturated carbocycles. The van der Waals surface area contributed by atoms with Gasteiger partial charge in [-0.05, 0) is 51.4 Å². The van der Waals surface area contributed by atoms with Crippen molar-refractivity contribution < 1.29 is 80.2 Å².